The molecule has 0 amide bonds. The molecule has 2 aliphatic heterocycles. The first-order valence-corrected chi connectivity index (χ1v) is 5.52. The van der Waals surface area contributed by atoms with Gasteiger partial charge >= 0.3 is 0 Å². The monoisotopic (exact) mass is 196 g/mol. The van der Waals surface area contributed by atoms with Crippen LogP contribution < -0.4 is 5.32 Å². The van der Waals surface area contributed by atoms with Gasteiger partial charge in [0, 0.05) is 12.5 Å². The number of rotatable bonds is 1. The Morgan fingerprint density at radius 3 is 2.86 bits per heavy atom. The highest BCUT2D eigenvalue weighted by Crippen LogP contribution is 2.27. The number of nitrogens with one attached hydrogen (secondary N) is 1. The molecular formula is C11H20N2O. The van der Waals surface area contributed by atoms with Crippen LogP contribution in [0.1, 0.15) is 27.2 Å². The summed E-state index contributed by atoms with van der Waals surface area (Å²) in [6.07, 6.45) is 1.23. The van der Waals surface area contributed by atoms with Crippen molar-refractivity contribution in [2.24, 2.45) is 16.8 Å². The predicted molar refractivity (Wildman–Crippen MR) is 57.6 cm³/mol. The Bertz CT molecular complexity index is 248. The van der Waals surface area contributed by atoms with Gasteiger partial charge in [-0.3, -0.25) is 0 Å². The van der Waals surface area contributed by atoms with Gasteiger partial charge in [0.25, 0.3) is 0 Å². The quantitative estimate of drug-likeness (QED) is 0.688. The third-order valence-corrected chi connectivity index (χ3v) is 3.13. The second-order valence-electron chi connectivity index (χ2n) is 5.13. The molecule has 80 valence electrons. The normalized spacial score (nSPS) is 36.4. The Labute approximate surface area is 85.9 Å². The van der Waals surface area contributed by atoms with Crippen molar-refractivity contribution in [3.05, 3.63) is 0 Å². The molecule has 0 saturated carbocycles. The Kier molecular flexibility index (Phi) is 2.52. The highest BCUT2D eigenvalue weighted by molar-refractivity contribution is 5.81. The van der Waals surface area contributed by atoms with E-state index in [-0.39, 0.29) is 5.54 Å². The second kappa shape index (κ2) is 3.54. The van der Waals surface area contributed by atoms with Crippen molar-refractivity contribution < 1.29 is 4.74 Å². The predicted octanol–water partition coefficient (Wildman–Crippen LogP) is 1.44. The fraction of sp³-hybridized carbons (Fsp3) is 0.909. The maximum Gasteiger partial charge on any atom is 0.188 e. The first-order chi connectivity index (χ1) is 6.58. The van der Waals surface area contributed by atoms with Gasteiger partial charge in [0.1, 0.15) is 6.61 Å². The summed E-state index contributed by atoms with van der Waals surface area (Å²) in [6, 6.07) is 0. The molecule has 2 unspecified atom stereocenters. The number of nitrogens with zero attached hydrogens (tertiary/aromatic N) is 1. The molecule has 0 aromatic heterocycles. The van der Waals surface area contributed by atoms with Crippen LogP contribution >= 0.6 is 0 Å². The molecule has 0 aromatic rings. The largest absolute Gasteiger partial charge is 0.478 e. The zero-order valence-corrected chi connectivity index (χ0v) is 9.34. The van der Waals surface area contributed by atoms with E-state index in [0.29, 0.717) is 11.8 Å². The van der Waals surface area contributed by atoms with Crippen molar-refractivity contribution >= 4 is 5.90 Å². The van der Waals surface area contributed by atoms with Gasteiger partial charge in [0.05, 0.1) is 5.54 Å². The summed E-state index contributed by atoms with van der Waals surface area (Å²) >= 11 is 0. The molecule has 0 aliphatic carbocycles. The van der Waals surface area contributed by atoms with E-state index in [1.54, 1.807) is 0 Å². The van der Waals surface area contributed by atoms with Crippen LogP contribution in [0, 0.1) is 11.8 Å². The Balaban J connectivity index is 2.07. The van der Waals surface area contributed by atoms with Crippen LogP contribution in [0.3, 0.4) is 0 Å². The van der Waals surface area contributed by atoms with E-state index >= 15 is 0 Å². The lowest BCUT2D eigenvalue weighted by Gasteiger charge is -2.28. The molecule has 0 radical (unpaired) electrons. The van der Waals surface area contributed by atoms with Crippen LogP contribution in [0.25, 0.3) is 0 Å². The van der Waals surface area contributed by atoms with Crippen LogP contribution in [0.4, 0.5) is 0 Å². The Morgan fingerprint density at radius 2 is 2.29 bits per heavy atom. The van der Waals surface area contributed by atoms with Crippen molar-refractivity contribution in [3.8, 4) is 0 Å². The molecule has 2 rings (SSSR count). The highest BCUT2D eigenvalue weighted by Gasteiger charge is 2.34. The van der Waals surface area contributed by atoms with E-state index in [1.165, 1.54) is 6.42 Å². The fourth-order valence-electron chi connectivity index (χ4n) is 2.12. The number of hydrogen-bond donors (Lipinski definition) is 1. The van der Waals surface area contributed by atoms with Gasteiger partial charge in [-0.15, -0.1) is 0 Å². The number of piperidine rings is 1. The molecule has 3 nitrogen and oxygen atoms in total. The summed E-state index contributed by atoms with van der Waals surface area (Å²) in [5, 5.41) is 3.41. The minimum absolute atomic E-state index is 0.00744. The van der Waals surface area contributed by atoms with E-state index in [1.807, 2.05) is 0 Å². The zero-order chi connectivity index (χ0) is 10.2. The molecule has 1 fully saturated rings. The van der Waals surface area contributed by atoms with Crippen molar-refractivity contribution in [2.75, 3.05) is 19.7 Å². The summed E-state index contributed by atoms with van der Waals surface area (Å²) in [5.74, 6) is 2.17. The number of hydrogen-bond acceptors (Lipinski definition) is 3. The third-order valence-electron chi connectivity index (χ3n) is 3.13. The summed E-state index contributed by atoms with van der Waals surface area (Å²) in [7, 11) is 0. The molecule has 1 saturated heterocycles. The van der Waals surface area contributed by atoms with Crippen LogP contribution in [0.15, 0.2) is 4.99 Å². The summed E-state index contributed by atoms with van der Waals surface area (Å²) in [5.41, 5.74) is -0.00744. The van der Waals surface area contributed by atoms with E-state index in [4.69, 9.17) is 4.74 Å². The van der Waals surface area contributed by atoms with Crippen LogP contribution in [-0.2, 0) is 4.74 Å². The van der Waals surface area contributed by atoms with Crippen molar-refractivity contribution in [1.82, 2.24) is 5.32 Å². The van der Waals surface area contributed by atoms with E-state index < -0.39 is 0 Å². The molecular weight excluding hydrogens is 176 g/mol. The molecule has 0 bridgehead atoms. The molecule has 2 aliphatic rings. The average Bonchev–Trinajstić information content (AvgIpc) is 2.47. The molecule has 2 atom stereocenters. The van der Waals surface area contributed by atoms with Crippen molar-refractivity contribution in [1.29, 1.82) is 0 Å². The van der Waals surface area contributed by atoms with E-state index in [0.717, 1.165) is 25.6 Å². The van der Waals surface area contributed by atoms with Gasteiger partial charge in [-0.1, -0.05) is 6.92 Å². The topological polar surface area (TPSA) is 33.6 Å². The summed E-state index contributed by atoms with van der Waals surface area (Å²) in [6.45, 7) is 9.44. The van der Waals surface area contributed by atoms with Gasteiger partial charge in [0.15, 0.2) is 5.90 Å². The lowest BCUT2D eigenvalue weighted by molar-refractivity contribution is 0.239. The fourth-order valence-corrected chi connectivity index (χ4v) is 2.12. The summed E-state index contributed by atoms with van der Waals surface area (Å²) in [4.78, 5) is 4.65. The van der Waals surface area contributed by atoms with Gasteiger partial charge < -0.3 is 10.1 Å². The molecule has 1 N–H and O–H groups in total. The lowest BCUT2D eigenvalue weighted by atomic mass is 9.88. The van der Waals surface area contributed by atoms with Gasteiger partial charge in [-0.2, -0.15) is 0 Å². The molecule has 3 heteroatoms. The minimum atomic E-state index is -0.00744. The van der Waals surface area contributed by atoms with Crippen LogP contribution in [0.2, 0.25) is 0 Å². The van der Waals surface area contributed by atoms with Crippen LogP contribution in [0.5, 0.6) is 0 Å². The van der Waals surface area contributed by atoms with E-state index in [9.17, 15) is 0 Å². The van der Waals surface area contributed by atoms with Gasteiger partial charge in [-0.25, -0.2) is 4.99 Å². The van der Waals surface area contributed by atoms with Crippen LogP contribution in [-0.4, -0.2) is 31.1 Å². The maximum atomic E-state index is 5.69. The van der Waals surface area contributed by atoms with Gasteiger partial charge in [-0.05, 0) is 32.7 Å². The second-order valence-corrected chi connectivity index (χ2v) is 5.13. The highest BCUT2D eigenvalue weighted by atomic mass is 16.5. The third kappa shape index (κ3) is 1.92. The van der Waals surface area contributed by atoms with E-state index in [2.05, 4.69) is 31.1 Å². The Hall–Kier alpha value is -0.570. The first-order valence-electron chi connectivity index (χ1n) is 5.52. The smallest absolute Gasteiger partial charge is 0.188 e. The first kappa shape index (κ1) is 9.97. The standard InChI is InChI=1S/C11H20N2O/c1-8-4-5-12-6-9(8)10-13-11(2,3)7-14-10/h8-9,12H,4-7H2,1-3H3. The Morgan fingerprint density at radius 1 is 1.50 bits per heavy atom. The lowest BCUT2D eigenvalue weighted by Crippen LogP contribution is -2.39. The van der Waals surface area contributed by atoms with Gasteiger partial charge in [0.2, 0.25) is 0 Å². The minimum Gasteiger partial charge on any atom is -0.478 e. The molecule has 0 spiro atoms. The summed E-state index contributed by atoms with van der Waals surface area (Å²) < 4.78 is 5.69. The SMILES string of the molecule is CC1CCNCC1C1=NC(C)(C)CO1. The molecule has 14 heavy (non-hydrogen) atoms. The van der Waals surface area contributed by atoms with Crippen molar-refractivity contribution in [2.45, 2.75) is 32.7 Å². The van der Waals surface area contributed by atoms with Crippen molar-refractivity contribution in [3.63, 3.8) is 0 Å². The molecule has 0 aromatic carbocycles. The zero-order valence-electron chi connectivity index (χ0n) is 9.34. The number of aliphatic imine (C=N–C) groups is 1. The average molecular weight is 196 g/mol. The number of ether oxygens (including phenoxy) is 1. The molecule has 2 heterocycles. The maximum absolute atomic E-state index is 5.69.